The number of nitrogens with one attached hydrogen (secondary N) is 1. The van der Waals surface area contributed by atoms with Crippen LogP contribution in [0.4, 0.5) is 18.0 Å². The summed E-state index contributed by atoms with van der Waals surface area (Å²) in [5.41, 5.74) is -2.44. The first kappa shape index (κ1) is 23.1. The fraction of sp³-hybridized carbons (Fsp3) is 0.667. The first-order chi connectivity index (χ1) is 14.2. The highest BCUT2D eigenvalue weighted by Crippen LogP contribution is 2.52. The predicted octanol–water partition coefficient (Wildman–Crippen LogP) is 3.49. The van der Waals surface area contributed by atoms with Gasteiger partial charge in [0.15, 0.2) is 0 Å². The number of likely N-dealkylation sites (tertiary alicyclic amines) is 1. The molecule has 1 saturated carbocycles. The van der Waals surface area contributed by atoms with E-state index >= 15 is 0 Å². The lowest BCUT2D eigenvalue weighted by atomic mass is 10.1. The summed E-state index contributed by atoms with van der Waals surface area (Å²) in [4.78, 5) is 30.1. The van der Waals surface area contributed by atoms with Crippen molar-refractivity contribution in [2.45, 2.75) is 51.9 Å². The SMILES string of the molecule is CC(C)(COc1ncccc1C(F)(F)F)NC(=O)C1[C@H]2CN(C(=O)OC(C)(C)C)C[C@@H]12. The maximum absolute atomic E-state index is 13.1. The van der Waals surface area contributed by atoms with E-state index in [2.05, 4.69) is 10.3 Å². The van der Waals surface area contributed by atoms with Crippen molar-refractivity contribution in [1.29, 1.82) is 0 Å². The Labute approximate surface area is 179 Å². The van der Waals surface area contributed by atoms with Crippen LogP contribution in [0.2, 0.25) is 0 Å². The highest BCUT2D eigenvalue weighted by molar-refractivity contribution is 5.84. The molecule has 0 bridgehead atoms. The first-order valence-electron chi connectivity index (χ1n) is 10.1. The number of hydrogen-bond acceptors (Lipinski definition) is 5. The van der Waals surface area contributed by atoms with Gasteiger partial charge in [0.25, 0.3) is 0 Å². The van der Waals surface area contributed by atoms with Crippen molar-refractivity contribution in [2.24, 2.45) is 17.8 Å². The van der Waals surface area contributed by atoms with Crippen LogP contribution < -0.4 is 10.1 Å². The molecule has 3 rings (SSSR count). The minimum atomic E-state index is -4.58. The molecule has 172 valence electrons. The summed E-state index contributed by atoms with van der Waals surface area (Å²) < 4.78 is 49.9. The van der Waals surface area contributed by atoms with E-state index < -0.39 is 28.8 Å². The van der Waals surface area contributed by atoms with Crippen LogP contribution in [0, 0.1) is 17.8 Å². The van der Waals surface area contributed by atoms with Crippen LogP contribution in [0.3, 0.4) is 0 Å². The Morgan fingerprint density at radius 3 is 2.32 bits per heavy atom. The lowest BCUT2D eigenvalue weighted by molar-refractivity contribution is -0.139. The second-order valence-electron chi connectivity index (χ2n) is 9.75. The summed E-state index contributed by atoms with van der Waals surface area (Å²) in [5, 5.41) is 2.85. The van der Waals surface area contributed by atoms with Gasteiger partial charge >= 0.3 is 12.3 Å². The standard InChI is InChI=1S/C21H28F3N3O4/c1-19(2,3)31-18(29)27-9-12-13(10-27)15(12)16(28)26-20(4,5)11-30-17-14(21(22,23)24)7-6-8-25-17/h6-8,12-13,15H,9-11H2,1-5H3,(H,26,28)/t12-,13+,15?. The Kier molecular flexibility index (Phi) is 5.88. The number of carbonyl (C=O) groups excluding carboxylic acids is 2. The van der Waals surface area contributed by atoms with Gasteiger partial charge in [-0.05, 0) is 58.6 Å². The van der Waals surface area contributed by atoms with E-state index in [1.54, 1.807) is 39.5 Å². The van der Waals surface area contributed by atoms with Crippen LogP contribution in [0.25, 0.3) is 0 Å². The first-order valence-corrected chi connectivity index (χ1v) is 10.1. The van der Waals surface area contributed by atoms with E-state index in [4.69, 9.17) is 9.47 Å². The predicted molar refractivity (Wildman–Crippen MR) is 105 cm³/mol. The number of fused-ring (bicyclic) bond motifs is 1. The van der Waals surface area contributed by atoms with Gasteiger partial charge in [0.2, 0.25) is 11.8 Å². The number of pyridine rings is 1. The van der Waals surface area contributed by atoms with Gasteiger partial charge in [0, 0.05) is 25.2 Å². The van der Waals surface area contributed by atoms with Crippen LogP contribution in [-0.4, -0.2) is 52.7 Å². The second-order valence-corrected chi connectivity index (χ2v) is 9.75. The van der Waals surface area contributed by atoms with Gasteiger partial charge in [-0.15, -0.1) is 0 Å². The molecule has 1 unspecified atom stereocenters. The molecule has 1 aromatic rings. The third-order valence-corrected chi connectivity index (χ3v) is 5.26. The number of alkyl halides is 3. The van der Waals surface area contributed by atoms with E-state index in [0.29, 0.717) is 13.1 Å². The van der Waals surface area contributed by atoms with Crippen molar-refractivity contribution >= 4 is 12.0 Å². The molecule has 2 fully saturated rings. The Morgan fingerprint density at radius 2 is 1.77 bits per heavy atom. The number of nitrogens with zero attached hydrogens (tertiary/aromatic N) is 2. The molecule has 10 heteroatoms. The Bertz CT molecular complexity index is 839. The van der Waals surface area contributed by atoms with Gasteiger partial charge in [-0.1, -0.05) is 0 Å². The van der Waals surface area contributed by atoms with Gasteiger partial charge in [-0.3, -0.25) is 4.79 Å². The molecule has 2 amide bonds. The largest absolute Gasteiger partial charge is 0.475 e. The molecule has 1 aliphatic carbocycles. The second kappa shape index (κ2) is 7.87. The van der Waals surface area contributed by atoms with Crippen LogP contribution in [-0.2, 0) is 15.7 Å². The molecule has 0 radical (unpaired) electrons. The van der Waals surface area contributed by atoms with Crippen molar-refractivity contribution in [3.05, 3.63) is 23.9 Å². The van der Waals surface area contributed by atoms with Gasteiger partial charge in [-0.2, -0.15) is 13.2 Å². The Morgan fingerprint density at radius 1 is 1.16 bits per heavy atom. The lowest BCUT2D eigenvalue weighted by Gasteiger charge is -2.28. The summed E-state index contributed by atoms with van der Waals surface area (Å²) in [6, 6.07) is 2.09. The number of rotatable bonds is 5. The molecule has 3 atom stereocenters. The molecular weight excluding hydrogens is 415 g/mol. The van der Waals surface area contributed by atoms with Gasteiger partial charge in [-0.25, -0.2) is 9.78 Å². The highest BCUT2D eigenvalue weighted by atomic mass is 19.4. The molecule has 1 saturated heterocycles. The minimum Gasteiger partial charge on any atom is -0.475 e. The van der Waals surface area contributed by atoms with E-state index in [1.807, 2.05) is 0 Å². The summed E-state index contributed by atoms with van der Waals surface area (Å²) in [6.45, 7) is 9.47. The molecule has 0 aromatic carbocycles. The number of halogens is 3. The van der Waals surface area contributed by atoms with Crippen molar-refractivity contribution in [3.63, 3.8) is 0 Å². The fourth-order valence-electron chi connectivity index (χ4n) is 3.81. The highest BCUT2D eigenvalue weighted by Gasteiger charge is 2.61. The summed E-state index contributed by atoms with van der Waals surface area (Å²) in [6.07, 6.45) is -3.75. The average Bonchev–Trinajstić information content (AvgIpc) is 3.12. The van der Waals surface area contributed by atoms with Crippen molar-refractivity contribution in [1.82, 2.24) is 15.2 Å². The summed E-state index contributed by atoms with van der Waals surface area (Å²) in [7, 11) is 0. The number of aromatic nitrogens is 1. The van der Waals surface area contributed by atoms with Crippen molar-refractivity contribution in [2.75, 3.05) is 19.7 Å². The van der Waals surface area contributed by atoms with Crippen LogP contribution in [0.1, 0.15) is 40.2 Å². The average molecular weight is 443 g/mol. The van der Waals surface area contributed by atoms with E-state index in [0.717, 1.165) is 6.07 Å². The number of ether oxygens (including phenoxy) is 2. The van der Waals surface area contributed by atoms with Crippen LogP contribution in [0.15, 0.2) is 18.3 Å². The minimum absolute atomic E-state index is 0.0665. The lowest BCUT2D eigenvalue weighted by Crippen LogP contribution is -2.49. The molecule has 2 heterocycles. The van der Waals surface area contributed by atoms with E-state index in [9.17, 15) is 22.8 Å². The molecule has 2 aliphatic rings. The fourth-order valence-corrected chi connectivity index (χ4v) is 3.81. The molecule has 1 aromatic heterocycles. The number of piperidine rings is 1. The zero-order valence-corrected chi connectivity index (χ0v) is 18.2. The molecule has 31 heavy (non-hydrogen) atoms. The van der Waals surface area contributed by atoms with Crippen molar-refractivity contribution in [3.8, 4) is 5.88 Å². The molecule has 7 nitrogen and oxygen atoms in total. The summed E-state index contributed by atoms with van der Waals surface area (Å²) in [5.74, 6) is -0.801. The van der Waals surface area contributed by atoms with Crippen molar-refractivity contribution < 1.29 is 32.2 Å². The smallest absolute Gasteiger partial charge is 0.421 e. The van der Waals surface area contributed by atoms with E-state index in [-0.39, 0.29) is 36.4 Å². The van der Waals surface area contributed by atoms with Gasteiger partial charge in [0.1, 0.15) is 17.8 Å². The third kappa shape index (κ3) is 5.59. The molecular formula is C21H28F3N3O4. The number of amides is 2. The Hall–Kier alpha value is -2.52. The molecule has 1 N–H and O–H groups in total. The third-order valence-electron chi connectivity index (χ3n) is 5.26. The number of carbonyl (C=O) groups is 2. The zero-order chi connectivity index (χ0) is 23.2. The van der Waals surface area contributed by atoms with Crippen LogP contribution >= 0.6 is 0 Å². The molecule has 0 spiro atoms. The topological polar surface area (TPSA) is 80.8 Å². The van der Waals surface area contributed by atoms with Gasteiger partial charge in [0.05, 0.1) is 5.54 Å². The normalized spacial score (nSPS) is 23.2. The maximum Gasteiger partial charge on any atom is 0.421 e. The monoisotopic (exact) mass is 443 g/mol. The number of hydrogen-bond donors (Lipinski definition) is 1. The summed E-state index contributed by atoms with van der Waals surface area (Å²) >= 11 is 0. The Balaban J connectivity index is 1.51. The van der Waals surface area contributed by atoms with Crippen LogP contribution in [0.5, 0.6) is 5.88 Å². The zero-order valence-electron chi connectivity index (χ0n) is 18.2. The molecule has 1 aliphatic heterocycles. The van der Waals surface area contributed by atoms with Gasteiger partial charge < -0.3 is 19.7 Å². The van der Waals surface area contributed by atoms with E-state index in [1.165, 1.54) is 12.3 Å². The quantitative estimate of drug-likeness (QED) is 0.754. The maximum atomic E-state index is 13.1.